The minimum atomic E-state index is -0.0544. The van der Waals surface area contributed by atoms with Crippen LogP contribution < -0.4 is 9.30 Å². The molecular formula is C55H47N5O. The summed E-state index contributed by atoms with van der Waals surface area (Å²) in [5, 5.41) is 2.28. The molecule has 4 aromatic heterocycles. The van der Waals surface area contributed by atoms with Gasteiger partial charge >= 0.3 is 0 Å². The van der Waals surface area contributed by atoms with Gasteiger partial charge in [-0.2, -0.15) is 0 Å². The van der Waals surface area contributed by atoms with Gasteiger partial charge in [0.25, 0.3) is 6.33 Å². The monoisotopic (exact) mass is 793 g/mol. The molecule has 0 unspecified atom stereocenters. The van der Waals surface area contributed by atoms with Gasteiger partial charge in [0, 0.05) is 35.3 Å². The molecule has 4 heterocycles. The molecule has 6 heteroatoms. The molecular weight excluding hydrogens is 747 g/mol. The molecule has 0 N–H and O–H groups in total. The summed E-state index contributed by atoms with van der Waals surface area (Å²) in [5.41, 5.74) is 12.2. The lowest BCUT2D eigenvalue weighted by atomic mass is 9.85. The fourth-order valence-corrected chi connectivity index (χ4v) is 8.24. The van der Waals surface area contributed by atoms with Crippen LogP contribution in [0.2, 0.25) is 0 Å². The number of ether oxygens (including phenoxy) is 1. The van der Waals surface area contributed by atoms with Crippen LogP contribution in [0.1, 0.15) is 52.7 Å². The maximum atomic E-state index is 6.72. The molecule has 0 atom stereocenters. The molecule has 61 heavy (non-hydrogen) atoms. The Morgan fingerprint density at radius 2 is 1.15 bits per heavy atom. The predicted molar refractivity (Wildman–Crippen MR) is 248 cm³/mol. The molecule has 0 bridgehead atoms. The molecule has 6 nitrogen and oxygen atoms in total. The van der Waals surface area contributed by atoms with Gasteiger partial charge in [-0.1, -0.05) is 139 Å². The highest BCUT2D eigenvalue weighted by molar-refractivity contribution is 6.10. The number of para-hydroxylation sites is 2. The van der Waals surface area contributed by atoms with E-state index in [9.17, 15) is 0 Å². The van der Waals surface area contributed by atoms with E-state index in [1.807, 2.05) is 22.9 Å². The summed E-state index contributed by atoms with van der Waals surface area (Å²) < 4.78 is 13.1. The van der Waals surface area contributed by atoms with Crippen molar-refractivity contribution in [3.8, 4) is 51.1 Å². The van der Waals surface area contributed by atoms with Crippen LogP contribution >= 0.6 is 0 Å². The Kier molecular flexibility index (Phi) is 9.17. The zero-order chi connectivity index (χ0) is 41.9. The Balaban J connectivity index is 1.06. The van der Waals surface area contributed by atoms with E-state index in [1.54, 1.807) is 6.20 Å². The lowest BCUT2D eigenvalue weighted by Gasteiger charge is -2.22. The molecule has 0 radical (unpaired) electrons. The highest BCUT2D eigenvalue weighted by atomic mass is 16.5. The van der Waals surface area contributed by atoms with Crippen LogP contribution in [0.25, 0.3) is 72.4 Å². The largest absolute Gasteiger partial charge is 0.458 e. The Labute approximate surface area is 357 Å². The van der Waals surface area contributed by atoms with Gasteiger partial charge in [0.05, 0.1) is 27.8 Å². The Morgan fingerprint density at radius 3 is 1.90 bits per heavy atom. The third kappa shape index (κ3) is 7.14. The van der Waals surface area contributed by atoms with Crippen molar-refractivity contribution in [1.82, 2.24) is 19.1 Å². The average molecular weight is 794 g/mol. The Morgan fingerprint density at radius 1 is 0.475 bits per heavy atom. The summed E-state index contributed by atoms with van der Waals surface area (Å²) in [7, 11) is 0. The fourth-order valence-electron chi connectivity index (χ4n) is 8.24. The molecule has 10 aromatic rings. The number of nitrogens with zero attached hydrogens (tertiary/aromatic N) is 5. The lowest BCUT2D eigenvalue weighted by Crippen LogP contribution is -2.30. The van der Waals surface area contributed by atoms with Crippen LogP contribution in [0.15, 0.2) is 176 Å². The van der Waals surface area contributed by atoms with Crippen molar-refractivity contribution in [2.75, 3.05) is 0 Å². The summed E-state index contributed by atoms with van der Waals surface area (Å²) >= 11 is 0. The van der Waals surface area contributed by atoms with Crippen molar-refractivity contribution >= 4 is 32.8 Å². The lowest BCUT2D eigenvalue weighted by molar-refractivity contribution is -0.572. The molecule has 10 rings (SSSR count). The van der Waals surface area contributed by atoms with E-state index in [1.165, 1.54) is 33.4 Å². The minimum absolute atomic E-state index is 0.0342. The number of hydrogen-bond donors (Lipinski definition) is 0. The van der Waals surface area contributed by atoms with Gasteiger partial charge in [0.1, 0.15) is 17.3 Å². The highest BCUT2D eigenvalue weighted by Gasteiger charge is 2.21. The van der Waals surface area contributed by atoms with Crippen molar-refractivity contribution in [3.63, 3.8) is 0 Å². The van der Waals surface area contributed by atoms with Gasteiger partial charge in [-0.3, -0.25) is 18.7 Å². The molecule has 6 aromatic carbocycles. The van der Waals surface area contributed by atoms with Crippen LogP contribution in [0.5, 0.6) is 11.5 Å². The number of hydrogen-bond acceptors (Lipinski definition) is 3. The van der Waals surface area contributed by atoms with Gasteiger partial charge in [0.15, 0.2) is 5.82 Å². The summed E-state index contributed by atoms with van der Waals surface area (Å²) in [5.74, 6) is 2.96. The normalized spacial score (nSPS) is 12.1. The summed E-state index contributed by atoms with van der Waals surface area (Å²) in [6.45, 7) is 13.5. The molecule has 0 saturated carbocycles. The van der Waals surface area contributed by atoms with E-state index >= 15 is 0 Å². The van der Waals surface area contributed by atoms with E-state index in [0.29, 0.717) is 17.3 Å². The minimum Gasteiger partial charge on any atom is -0.458 e. The number of pyridine rings is 2. The second-order valence-corrected chi connectivity index (χ2v) is 17.9. The van der Waals surface area contributed by atoms with Crippen LogP contribution in [-0.2, 0) is 10.8 Å². The SMILES string of the molecule is CC(C)(C)c1cc(-c2ccccc2)cc(-[n+]2[c-]n(-c3cc(Oc4ccc5c6cc(-c7ccccc7)ccc6n(-c6cc(C(C)(C)C)ccn6)c5c4)ccn3)c3ccccc32)c1. The summed E-state index contributed by atoms with van der Waals surface area (Å²) in [6.07, 6.45) is 7.39. The molecule has 0 fully saturated rings. The summed E-state index contributed by atoms with van der Waals surface area (Å²) in [4.78, 5) is 9.78. The smallest absolute Gasteiger partial charge is 0.271 e. The van der Waals surface area contributed by atoms with Crippen LogP contribution in [0.4, 0.5) is 0 Å². The zero-order valence-corrected chi connectivity index (χ0v) is 35.4. The van der Waals surface area contributed by atoms with Gasteiger partial charge in [-0.05, 0) is 98.8 Å². The van der Waals surface area contributed by atoms with Crippen LogP contribution in [0, 0.1) is 6.33 Å². The fraction of sp³-hybridized carbons (Fsp3) is 0.145. The number of aromatic nitrogens is 5. The first-order valence-electron chi connectivity index (χ1n) is 20.9. The van der Waals surface area contributed by atoms with E-state index < -0.39 is 0 Å². The average Bonchev–Trinajstić information content (AvgIpc) is 3.82. The first-order valence-corrected chi connectivity index (χ1v) is 20.9. The molecule has 0 spiro atoms. The molecule has 0 aliphatic carbocycles. The van der Waals surface area contributed by atoms with Crippen LogP contribution in [-0.4, -0.2) is 19.1 Å². The third-order valence-corrected chi connectivity index (χ3v) is 11.6. The van der Waals surface area contributed by atoms with Gasteiger partial charge in [-0.15, -0.1) is 0 Å². The number of imidazole rings is 1. The Hall–Kier alpha value is -7.31. The number of benzene rings is 6. The van der Waals surface area contributed by atoms with E-state index in [-0.39, 0.29) is 10.8 Å². The molecule has 0 aliphatic heterocycles. The second kappa shape index (κ2) is 14.8. The maximum absolute atomic E-state index is 6.72. The number of fused-ring (bicyclic) bond motifs is 4. The second-order valence-electron chi connectivity index (χ2n) is 17.9. The van der Waals surface area contributed by atoms with Crippen molar-refractivity contribution < 1.29 is 9.30 Å². The topological polar surface area (TPSA) is 48.8 Å². The zero-order valence-electron chi connectivity index (χ0n) is 35.4. The van der Waals surface area contributed by atoms with Gasteiger partial charge < -0.3 is 4.74 Å². The summed E-state index contributed by atoms with van der Waals surface area (Å²) in [6, 6.07) is 57.6. The Bertz CT molecular complexity index is 3240. The van der Waals surface area contributed by atoms with Crippen molar-refractivity contribution in [1.29, 1.82) is 0 Å². The molecule has 0 saturated heterocycles. The van der Waals surface area contributed by atoms with E-state index in [4.69, 9.17) is 14.7 Å². The highest BCUT2D eigenvalue weighted by Crippen LogP contribution is 2.38. The van der Waals surface area contributed by atoms with E-state index in [2.05, 4.69) is 209 Å². The quantitative estimate of drug-likeness (QED) is 0.119. The molecule has 0 amide bonds. The predicted octanol–water partition coefficient (Wildman–Crippen LogP) is 13.3. The van der Waals surface area contributed by atoms with Crippen molar-refractivity contribution in [2.24, 2.45) is 0 Å². The number of rotatable bonds is 7. The van der Waals surface area contributed by atoms with Crippen LogP contribution in [0.3, 0.4) is 0 Å². The van der Waals surface area contributed by atoms with Crippen molar-refractivity contribution in [2.45, 2.75) is 52.4 Å². The first kappa shape index (κ1) is 37.9. The van der Waals surface area contributed by atoms with Gasteiger partial charge in [-0.25, -0.2) is 4.98 Å². The standard InChI is InChI=1S/C55H47N5O/c1-54(2,3)41-25-27-57-53(33-41)60-48-24-21-39(37-15-9-7-10-16-37)31-47(48)46-23-22-44(34-51(46)60)61-45-26-28-56-52(35-45)59-36-58(49-19-13-14-20-50(49)59)43-30-40(38-17-11-8-12-18-38)29-42(32-43)55(4,5)6/h7-35H,1-6H3. The maximum Gasteiger partial charge on any atom is 0.271 e. The molecule has 298 valence electrons. The third-order valence-electron chi connectivity index (χ3n) is 11.6. The van der Waals surface area contributed by atoms with Crippen molar-refractivity contribution in [3.05, 3.63) is 194 Å². The van der Waals surface area contributed by atoms with E-state index in [0.717, 1.165) is 44.3 Å². The first-order chi connectivity index (χ1) is 29.5. The van der Waals surface area contributed by atoms with Gasteiger partial charge in [0.2, 0.25) is 0 Å². The molecule has 0 aliphatic rings.